The van der Waals surface area contributed by atoms with Crippen LogP contribution in [0.25, 0.3) is 10.9 Å². The average molecular weight is 254 g/mol. The van der Waals surface area contributed by atoms with Crippen molar-refractivity contribution in [3.8, 4) is 0 Å². The Morgan fingerprint density at radius 3 is 2.84 bits per heavy atom. The van der Waals surface area contributed by atoms with Gasteiger partial charge in [-0.15, -0.1) is 0 Å². The van der Waals surface area contributed by atoms with Gasteiger partial charge in [-0.25, -0.2) is 0 Å². The molecule has 0 aliphatic carbocycles. The summed E-state index contributed by atoms with van der Waals surface area (Å²) in [6.45, 7) is 7.78. The third-order valence-corrected chi connectivity index (χ3v) is 4.40. The van der Waals surface area contributed by atoms with Crippen molar-refractivity contribution in [2.45, 2.75) is 32.2 Å². The van der Waals surface area contributed by atoms with Crippen LogP contribution in [0.5, 0.6) is 0 Å². The Balaban J connectivity index is 1.85. The zero-order valence-electron chi connectivity index (χ0n) is 11.9. The van der Waals surface area contributed by atoms with Crippen molar-refractivity contribution in [3.63, 3.8) is 0 Å². The maximum absolute atomic E-state index is 4.31. The van der Waals surface area contributed by atoms with Gasteiger partial charge in [0.1, 0.15) is 0 Å². The van der Waals surface area contributed by atoms with Crippen LogP contribution in [0.3, 0.4) is 0 Å². The Morgan fingerprint density at radius 2 is 2.16 bits per heavy atom. The molecule has 1 aliphatic heterocycles. The number of fused-ring (bicyclic) bond motifs is 1. The number of benzene rings is 1. The van der Waals surface area contributed by atoms with E-state index in [1.54, 1.807) is 0 Å². The number of hydrogen-bond acceptors (Lipinski definition) is 1. The third kappa shape index (κ3) is 2.16. The van der Waals surface area contributed by atoms with Crippen molar-refractivity contribution in [2.75, 3.05) is 6.54 Å². The quantitative estimate of drug-likeness (QED) is 0.810. The van der Waals surface area contributed by atoms with Gasteiger partial charge in [0.2, 0.25) is 0 Å². The first kappa shape index (κ1) is 12.3. The van der Waals surface area contributed by atoms with Crippen molar-refractivity contribution < 1.29 is 0 Å². The van der Waals surface area contributed by atoms with E-state index < -0.39 is 0 Å². The van der Waals surface area contributed by atoms with Crippen molar-refractivity contribution in [1.29, 1.82) is 0 Å². The summed E-state index contributed by atoms with van der Waals surface area (Å²) in [7, 11) is 2.15. The van der Waals surface area contributed by atoms with Crippen LogP contribution in [-0.2, 0) is 13.5 Å². The number of rotatable bonds is 3. The summed E-state index contributed by atoms with van der Waals surface area (Å²) < 4.78 is 2.29. The van der Waals surface area contributed by atoms with Gasteiger partial charge in [-0.05, 0) is 37.3 Å². The highest BCUT2D eigenvalue weighted by molar-refractivity contribution is 5.81. The molecule has 1 saturated heterocycles. The molecule has 0 radical (unpaired) electrons. The molecule has 0 spiro atoms. The van der Waals surface area contributed by atoms with Gasteiger partial charge >= 0.3 is 0 Å². The normalized spacial score (nSPS) is 19.3. The first-order valence-corrected chi connectivity index (χ1v) is 7.14. The Morgan fingerprint density at radius 1 is 1.37 bits per heavy atom. The second-order valence-electron chi connectivity index (χ2n) is 5.68. The van der Waals surface area contributed by atoms with Gasteiger partial charge in [0.25, 0.3) is 0 Å². The largest absolute Gasteiger partial charge is 0.372 e. The van der Waals surface area contributed by atoms with Gasteiger partial charge in [-0.2, -0.15) is 0 Å². The second kappa shape index (κ2) is 4.76. The zero-order chi connectivity index (χ0) is 13.4. The van der Waals surface area contributed by atoms with Crippen LogP contribution in [0, 0.1) is 0 Å². The molecule has 0 saturated carbocycles. The molecule has 1 aliphatic rings. The Labute approximate surface area is 115 Å². The lowest BCUT2D eigenvalue weighted by molar-refractivity contribution is 0.333. The summed E-state index contributed by atoms with van der Waals surface area (Å²) in [4.78, 5) is 2.47. The number of hydrogen-bond donors (Lipinski definition) is 0. The van der Waals surface area contributed by atoms with Crippen molar-refractivity contribution in [2.24, 2.45) is 7.05 Å². The summed E-state index contributed by atoms with van der Waals surface area (Å²) in [6.07, 6.45) is 3.55. The summed E-state index contributed by atoms with van der Waals surface area (Å²) in [5.74, 6) is 0. The molecule has 2 heteroatoms. The highest BCUT2D eigenvalue weighted by Gasteiger charge is 2.21. The molecule has 2 aromatic rings. The van der Waals surface area contributed by atoms with Crippen LogP contribution in [0.15, 0.2) is 42.6 Å². The summed E-state index contributed by atoms with van der Waals surface area (Å²) in [5.41, 5.74) is 3.92. The fourth-order valence-corrected chi connectivity index (χ4v) is 3.23. The Hall–Kier alpha value is -1.70. The van der Waals surface area contributed by atoms with Crippen molar-refractivity contribution in [1.82, 2.24) is 9.47 Å². The minimum atomic E-state index is 0.655. The molecule has 1 fully saturated rings. The summed E-state index contributed by atoms with van der Waals surface area (Å²) in [5, 5.41) is 1.32. The average Bonchev–Trinajstić information content (AvgIpc) is 2.95. The van der Waals surface area contributed by atoms with Crippen LogP contribution in [-0.4, -0.2) is 22.1 Å². The lowest BCUT2D eigenvalue weighted by atomic mass is 10.2. The molecule has 0 bridgehead atoms. The van der Waals surface area contributed by atoms with E-state index >= 15 is 0 Å². The van der Waals surface area contributed by atoms with Crippen LogP contribution in [0.1, 0.15) is 25.5 Å². The standard InChI is InChI=1S/C17H22N2/c1-13-7-6-10-19(13)14(2)11-16-12-15-8-4-5-9-17(15)18(16)3/h4-5,8-9,12-13H,2,6-7,10-11H2,1,3H3. The highest BCUT2D eigenvalue weighted by atomic mass is 15.2. The molecule has 2 nitrogen and oxygen atoms in total. The Bertz CT molecular complexity index is 609. The molecule has 0 N–H and O–H groups in total. The SMILES string of the molecule is C=C(Cc1cc2ccccc2n1C)N1CCCC1C. The number of aromatic nitrogens is 1. The van der Waals surface area contributed by atoms with E-state index in [0.717, 1.165) is 6.42 Å². The predicted molar refractivity (Wildman–Crippen MR) is 81.2 cm³/mol. The van der Waals surface area contributed by atoms with E-state index in [-0.39, 0.29) is 0 Å². The van der Waals surface area contributed by atoms with Crippen LogP contribution in [0.2, 0.25) is 0 Å². The van der Waals surface area contributed by atoms with E-state index in [2.05, 4.69) is 60.3 Å². The van der Waals surface area contributed by atoms with E-state index in [9.17, 15) is 0 Å². The molecule has 1 atom stereocenters. The van der Waals surface area contributed by atoms with Gasteiger partial charge in [-0.1, -0.05) is 24.8 Å². The molecule has 2 heterocycles. The lowest BCUT2D eigenvalue weighted by Crippen LogP contribution is -2.26. The van der Waals surface area contributed by atoms with Gasteiger partial charge < -0.3 is 9.47 Å². The molecule has 1 unspecified atom stereocenters. The van der Waals surface area contributed by atoms with Gasteiger partial charge in [-0.3, -0.25) is 0 Å². The first-order valence-electron chi connectivity index (χ1n) is 7.14. The smallest absolute Gasteiger partial charge is 0.0479 e. The second-order valence-corrected chi connectivity index (χ2v) is 5.68. The molecular weight excluding hydrogens is 232 g/mol. The van der Waals surface area contributed by atoms with Crippen LogP contribution in [0.4, 0.5) is 0 Å². The number of allylic oxidation sites excluding steroid dienone is 1. The summed E-state index contributed by atoms with van der Waals surface area (Å²) >= 11 is 0. The van der Waals surface area contributed by atoms with Crippen LogP contribution < -0.4 is 0 Å². The predicted octanol–water partition coefficient (Wildman–Crippen LogP) is 3.72. The summed E-state index contributed by atoms with van der Waals surface area (Å²) in [6, 6.07) is 11.5. The Kier molecular flexibility index (Phi) is 3.09. The number of para-hydroxylation sites is 1. The van der Waals surface area contributed by atoms with E-state index in [1.165, 1.54) is 41.7 Å². The first-order chi connectivity index (χ1) is 9.16. The topological polar surface area (TPSA) is 8.17 Å². The van der Waals surface area contributed by atoms with E-state index in [0.29, 0.717) is 6.04 Å². The molecule has 1 aromatic carbocycles. The molecule has 100 valence electrons. The molecule has 0 amide bonds. The fourth-order valence-electron chi connectivity index (χ4n) is 3.23. The molecule has 3 rings (SSSR count). The van der Waals surface area contributed by atoms with Crippen molar-refractivity contribution >= 4 is 10.9 Å². The molecule has 1 aromatic heterocycles. The molecular formula is C17H22N2. The highest BCUT2D eigenvalue weighted by Crippen LogP contribution is 2.25. The van der Waals surface area contributed by atoms with E-state index in [1.807, 2.05) is 0 Å². The van der Waals surface area contributed by atoms with Gasteiger partial charge in [0.15, 0.2) is 0 Å². The zero-order valence-corrected chi connectivity index (χ0v) is 11.9. The molecule has 19 heavy (non-hydrogen) atoms. The monoisotopic (exact) mass is 254 g/mol. The van der Waals surface area contributed by atoms with Crippen LogP contribution >= 0.6 is 0 Å². The maximum Gasteiger partial charge on any atom is 0.0479 e. The van der Waals surface area contributed by atoms with Gasteiger partial charge in [0.05, 0.1) is 0 Å². The minimum absolute atomic E-state index is 0.655. The fraction of sp³-hybridized carbons (Fsp3) is 0.412. The lowest BCUT2D eigenvalue weighted by Gasteiger charge is -2.26. The van der Waals surface area contributed by atoms with Crippen molar-refractivity contribution in [3.05, 3.63) is 48.3 Å². The van der Waals surface area contributed by atoms with Gasteiger partial charge in [0, 0.05) is 43.0 Å². The number of nitrogens with zero attached hydrogens (tertiary/aromatic N) is 2. The number of aryl methyl sites for hydroxylation is 1. The third-order valence-electron chi connectivity index (χ3n) is 4.40. The minimum Gasteiger partial charge on any atom is -0.372 e. The van der Waals surface area contributed by atoms with E-state index in [4.69, 9.17) is 0 Å². The maximum atomic E-state index is 4.31. The number of likely N-dealkylation sites (tertiary alicyclic amines) is 1.